The molecule has 0 saturated carbocycles. The van der Waals surface area contributed by atoms with E-state index in [4.69, 9.17) is 0 Å². The van der Waals surface area contributed by atoms with Crippen molar-refractivity contribution in [2.75, 3.05) is 31.9 Å². The Hall–Kier alpha value is -0.130. The van der Waals surface area contributed by atoms with Crippen molar-refractivity contribution >= 4 is 10.0 Å². The van der Waals surface area contributed by atoms with E-state index in [9.17, 15) is 8.42 Å². The summed E-state index contributed by atoms with van der Waals surface area (Å²) in [6.45, 7) is 5.27. The Morgan fingerprint density at radius 1 is 1.50 bits per heavy atom. The Labute approximate surface area is 85.7 Å². The van der Waals surface area contributed by atoms with Crippen molar-refractivity contribution in [1.82, 2.24) is 9.62 Å². The molecule has 2 aliphatic rings. The summed E-state index contributed by atoms with van der Waals surface area (Å²) in [4.78, 5) is 0. The third-order valence-corrected chi connectivity index (χ3v) is 5.27. The van der Waals surface area contributed by atoms with Gasteiger partial charge in [0.15, 0.2) is 0 Å². The fourth-order valence-corrected chi connectivity index (χ4v) is 4.74. The largest absolute Gasteiger partial charge is 0.316 e. The molecule has 0 bridgehead atoms. The van der Waals surface area contributed by atoms with Crippen LogP contribution in [0.1, 0.15) is 19.8 Å². The fraction of sp³-hybridized carbons (Fsp3) is 1.00. The molecule has 0 amide bonds. The van der Waals surface area contributed by atoms with Crippen molar-refractivity contribution in [1.29, 1.82) is 0 Å². The Morgan fingerprint density at radius 2 is 2.29 bits per heavy atom. The minimum absolute atomic E-state index is 0.0218. The highest BCUT2D eigenvalue weighted by molar-refractivity contribution is 7.89. The summed E-state index contributed by atoms with van der Waals surface area (Å²) in [7, 11) is -2.95. The minimum atomic E-state index is -2.95. The Bertz CT molecular complexity index is 307. The lowest BCUT2D eigenvalue weighted by Crippen LogP contribution is -2.31. The molecule has 2 fully saturated rings. The summed E-state index contributed by atoms with van der Waals surface area (Å²) in [6, 6.07) is 0. The van der Waals surface area contributed by atoms with Crippen LogP contribution in [0, 0.1) is 5.41 Å². The molecule has 0 aliphatic carbocycles. The summed E-state index contributed by atoms with van der Waals surface area (Å²) < 4.78 is 25.3. The van der Waals surface area contributed by atoms with Crippen LogP contribution in [0.4, 0.5) is 0 Å². The van der Waals surface area contributed by atoms with Gasteiger partial charge in [0.2, 0.25) is 10.0 Å². The van der Waals surface area contributed by atoms with Crippen LogP contribution in [0.5, 0.6) is 0 Å². The van der Waals surface area contributed by atoms with Crippen LogP contribution < -0.4 is 5.32 Å². The normalized spacial score (nSPS) is 36.9. The van der Waals surface area contributed by atoms with Gasteiger partial charge in [0.05, 0.1) is 5.75 Å². The van der Waals surface area contributed by atoms with Crippen molar-refractivity contribution in [3.05, 3.63) is 0 Å². The molecule has 2 aliphatic heterocycles. The molecule has 0 aromatic carbocycles. The van der Waals surface area contributed by atoms with Crippen molar-refractivity contribution in [3.8, 4) is 0 Å². The first-order valence-corrected chi connectivity index (χ1v) is 6.87. The van der Waals surface area contributed by atoms with Crippen LogP contribution in [0.3, 0.4) is 0 Å². The lowest BCUT2D eigenvalue weighted by Gasteiger charge is -2.19. The maximum atomic E-state index is 11.8. The van der Waals surface area contributed by atoms with Crippen molar-refractivity contribution in [3.63, 3.8) is 0 Å². The first-order valence-electron chi connectivity index (χ1n) is 5.27. The molecule has 1 atom stereocenters. The second kappa shape index (κ2) is 3.47. The van der Waals surface area contributed by atoms with E-state index in [1.807, 2.05) is 6.92 Å². The van der Waals surface area contributed by atoms with Crippen LogP contribution in [-0.2, 0) is 10.0 Å². The fourth-order valence-electron chi connectivity index (χ4n) is 2.52. The van der Waals surface area contributed by atoms with E-state index in [2.05, 4.69) is 5.32 Å². The highest BCUT2D eigenvalue weighted by atomic mass is 32.2. The summed E-state index contributed by atoms with van der Waals surface area (Å²) in [5, 5.41) is 3.26. The van der Waals surface area contributed by atoms with E-state index in [1.54, 1.807) is 4.31 Å². The zero-order valence-electron chi connectivity index (χ0n) is 8.62. The maximum Gasteiger partial charge on any atom is 0.214 e. The summed E-state index contributed by atoms with van der Waals surface area (Å²) >= 11 is 0. The summed E-state index contributed by atoms with van der Waals surface area (Å²) in [6.07, 6.45) is 1.91. The van der Waals surface area contributed by atoms with Crippen LogP contribution in [0.15, 0.2) is 0 Å². The Kier molecular flexibility index (Phi) is 2.57. The SMILES string of the molecule is CCCN1CC2(CCNC2)CS1(=O)=O. The number of rotatable bonds is 2. The molecule has 0 radical (unpaired) electrons. The second-order valence-electron chi connectivity index (χ2n) is 4.52. The molecule has 1 unspecified atom stereocenters. The van der Waals surface area contributed by atoms with Gasteiger partial charge in [0.1, 0.15) is 0 Å². The van der Waals surface area contributed by atoms with E-state index in [-0.39, 0.29) is 5.41 Å². The molecule has 2 heterocycles. The van der Waals surface area contributed by atoms with Crippen LogP contribution in [-0.4, -0.2) is 44.7 Å². The van der Waals surface area contributed by atoms with Crippen LogP contribution in [0.2, 0.25) is 0 Å². The van der Waals surface area contributed by atoms with Gasteiger partial charge < -0.3 is 5.32 Å². The molecular formula is C9H18N2O2S. The molecule has 1 spiro atoms. The van der Waals surface area contributed by atoms with Gasteiger partial charge >= 0.3 is 0 Å². The molecule has 14 heavy (non-hydrogen) atoms. The van der Waals surface area contributed by atoms with E-state index in [0.29, 0.717) is 12.3 Å². The lowest BCUT2D eigenvalue weighted by atomic mass is 9.90. The van der Waals surface area contributed by atoms with Gasteiger partial charge in [-0.3, -0.25) is 0 Å². The summed E-state index contributed by atoms with van der Waals surface area (Å²) in [5.74, 6) is 0.354. The van der Waals surface area contributed by atoms with E-state index >= 15 is 0 Å². The number of nitrogens with one attached hydrogen (secondary N) is 1. The smallest absolute Gasteiger partial charge is 0.214 e. The first-order chi connectivity index (χ1) is 6.58. The van der Waals surface area contributed by atoms with E-state index in [1.165, 1.54) is 0 Å². The van der Waals surface area contributed by atoms with Gasteiger partial charge in [-0.25, -0.2) is 12.7 Å². The Balaban J connectivity index is 2.16. The predicted octanol–water partition coefficient (Wildman–Crippen LogP) is 0.0215. The molecule has 2 saturated heterocycles. The molecule has 0 aromatic heterocycles. The van der Waals surface area contributed by atoms with Crippen molar-refractivity contribution in [2.45, 2.75) is 19.8 Å². The zero-order chi connectivity index (χ0) is 10.2. The molecule has 4 nitrogen and oxygen atoms in total. The molecular weight excluding hydrogens is 200 g/mol. The second-order valence-corrected chi connectivity index (χ2v) is 6.49. The summed E-state index contributed by atoms with van der Waals surface area (Å²) in [5.41, 5.74) is 0.0218. The van der Waals surface area contributed by atoms with Crippen LogP contribution in [0.25, 0.3) is 0 Å². The maximum absolute atomic E-state index is 11.8. The highest BCUT2D eigenvalue weighted by Crippen LogP contribution is 2.36. The first kappa shape index (κ1) is 10.4. The van der Waals surface area contributed by atoms with Gasteiger partial charge in [-0.15, -0.1) is 0 Å². The van der Waals surface area contributed by atoms with Gasteiger partial charge in [-0.2, -0.15) is 0 Å². The molecule has 1 N–H and O–H groups in total. The van der Waals surface area contributed by atoms with Gasteiger partial charge in [0.25, 0.3) is 0 Å². The number of hydrogen-bond acceptors (Lipinski definition) is 3. The van der Waals surface area contributed by atoms with E-state index in [0.717, 1.165) is 32.5 Å². The van der Waals surface area contributed by atoms with Gasteiger partial charge in [-0.1, -0.05) is 6.92 Å². The molecule has 5 heteroatoms. The number of sulfonamides is 1. The third kappa shape index (κ3) is 1.68. The minimum Gasteiger partial charge on any atom is -0.316 e. The average molecular weight is 218 g/mol. The topological polar surface area (TPSA) is 49.4 Å². The van der Waals surface area contributed by atoms with Crippen molar-refractivity contribution in [2.24, 2.45) is 5.41 Å². The monoisotopic (exact) mass is 218 g/mol. The quantitative estimate of drug-likeness (QED) is 0.711. The average Bonchev–Trinajstić information content (AvgIpc) is 2.60. The Morgan fingerprint density at radius 3 is 2.86 bits per heavy atom. The van der Waals surface area contributed by atoms with Crippen molar-refractivity contribution < 1.29 is 8.42 Å². The van der Waals surface area contributed by atoms with Crippen LogP contribution >= 0.6 is 0 Å². The molecule has 2 rings (SSSR count). The predicted molar refractivity (Wildman–Crippen MR) is 55.6 cm³/mol. The van der Waals surface area contributed by atoms with E-state index < -0.39 is 10.0 Å². The standard InChI is InChI=1S/C9H18N2O2S/c1-2-5-11-7-9(3-4-10-6-9)8-14(11,12)13/h10H,2-8H2,1H3. The zero-order valence-corrected chi connectivity index (χ0v) is 9.44. The third-order valence-electron chi connectivity index (χ3n) is 3.20. The molecule has 82 valence electrons. The number of hydrogen-bond donors (Lipinski definition) is 1. The number of nitrogens with zero attached hydrogens (tertiary/aromatic N) is 1. The molecule has 0 aromatic rings. The van der Waals surface area contributed by atoms with Gasteiger partial charge in [-0.05, 0) is 19.4 Å². The lowest BCUT2D eigenvalue weighted by molar-refractivity contribution is 0.306. The van der Waals surface area contributed by atoms with Gasteiger partial charge in [0, 0.05) is 25.0 Å². The highest BCUT2D eigenvalue weighted by Gasteiger charge is 2.48.